The van der Waals surface area contributed by atoms with Gasteiger partial charge in [0.05, 0.1) is 0 Å². The summed E-state index contributed by atoms with van der Waals surface area (Å²) in [5.74, 6) is 0.876. The molecule has 3 rings (SSSR count). The van der Waals surface area contributed by atoms with Crippen LogP contribution in [-0.2, 0) is 4.79 Å². The molecule has 2 aliphatic rings. The second-order valence-electron chi connectivity index (χ2n) is 5.67. The highest BCUT2D eigenvalue weighted by Gasteiger charge is 2.34. The molecule has 4 nitrogen and oxygen atoms in total. The fraction of sp³-hybridized carbons (Fsp3) is 0.562. The topological polar surface area (TPSA) is 41.6 Å². The van der Waals surface area contributed by atoms with Gasteiger partial charge in [0.1, 0.15) is 5.75 Å². The third-order valence-corrected chi connectivity index (χ3v) is 3.99. The highest BCUT2D eigenvalue weighted by atomic mass is 35.5. The lowest BCUT2D eigenvalue weighted by Gasteiger charge is -2.25. The van der Waals surface area contributed by atoms with Crippen molar-refractivity contribution < 1.29 is 9.53 Å². The van der Waals surface area contributed by atoms with Crippen molar-refractivity contribution in [3.8, 4) is 5.75 Å². The average molecular weight is 311 g/mol. The van der Waals surface area contributed by atoms with Crippen LogP contribution < -0.4 is 10.1 Å². The van der Waals surface area contributed by atoms with E-state index >= 15 is 0 Å². The first-order valence-electron chi connectivity index (χ1n) is 7.53. The van der Waals surface area contributed by atoms with Crippen LogP contribution >= 0.6 is 12.4 Å². The van der Waals surface area contributed by atoms with E-state index in [1.54, 1.807) is 0 Å². The summed E-state index contributed by atoms with van der Waals surface area (Å²) in [4.78, 5) is 14.4. The second kappa shape index (κ2) is 7.66. The number of carbonyl (C=O) groups is 1. The van der Waals surface area contributed by atoms with Crippen molar-refractivity contribution in [1.82, 2.24) is 10.2 Å². The summed E-state index contributed by atoms with van der Waals surface area (Å²) in [6.45, 7) is 2.06. The van der Waals surface area contributed by atoms with Crippen molar-refractivity contribution in [1.29, 1.82) is 0 Å². The largest absolute Gasteiger partial charge is 0.484 e. The Bertz CT molecular complexity index is 445. The molecule has 0 radical (unpaired) electrons. The van der Waals surface area contributed by atoms with Gasteiger partial charge in [0.25, 0.3) is 5.91 Å². The molecule has 0 bridgehead atoms. The lowest BCUT2D eigenvalue weighted by molar-refractivity contribution is -0.134. The quantitative estimate of drug-likeness (QED) is 0.876. The Labute approximate surface area is 132 Å². The maximum absolute atomic E-state index is 12.4. The van der Waals surface area contributed by atoms with Crippen molar-refractivity contribution in [2.45, 2.75) is 37.8 Å². The summed E-state index contributed by atoms with van der Waals surface area (Å²) in [5.41, 5.74) is 0. The van der Waals surface area contributed by atoms with Gasteiger partial charge in [-0.25, -0.2) is 0 Å². The van der Waals surface area contributed by atoms with Crippen LogP contribution in [0.25, 0.3) is 0 Å². The maximum atomic E-state index is 12.4. The molecule has 1 heterocycles. The zero-order chi connectivity index (χ0) is 13.8. The summed E-state index contributed by atoms with van der Waals surface area (Å²) in [5, 5.41) is 3.46. The van der Waals surface area contributed by atoms with Crippen LogP contribution in [0.4, 0.5) is 0 Å². The van der Waals surface area contributed by atoms with Gasteiger partial charge in [-0.3, -0.25) is 4.79 Å². The molecular weight excluding hydrogens is 288 g/mol. The molecule has 1 aromatic rings. The standard InChI is InChI=1S/C16H22N2O2.ClH/c19-16(12-20-15-6-2-1-3-7-15)18(14-8-9-14)11-13-5-4-10-17-13;/h1-3,6-7,13-14,17H,4-5,8-12H2;1H. The van der Waals surface area contributed by atoms with Crippen molar-refractivity contribution in [2.24, 2.45) is 0 Å². The predicted octanol–water partition coefficient (Wildman–Crippen LogP) is 2.23. The minimum atomic E-state index is 0. The number of hydrogen-bond donors (Lipinski definition) is 1. The van der Waals surface area contributed by atoms with Crippen LogP contribution in [0.5, 0.6) is 5.75 Å². The Morgan fingerprint density at radius 1 is 1.24 bits per heavy atom. The van der Waals surface area contributed by atoms with E-state index in [-0.39, 0.29) is 24.9 Å². The summed E-state index contributed by atoms with van der Waals surface area (Å²) in [6, 6.07) is 10.5. The van der Waals surface area contributed by atoms with E-state index < -0.39 is 0 Å². The smallest absolute Gasteiger partial charge is 0.260 e. The minimum absolute atomic E-state index is 0. The zero-order valence-corrected chi connectivity index (χ0v) is 13.0. The molecule has 0 aromatic heterocycles. The number of halogens is 1. The van der Waals surface area contributed by atoms with Gasteiger partial charge < -0.3 is 15.0 Å². The van der Waals surface area contributed by atoms with E-state index in [0.717, 1.165) is 31.7 Å². The van der Waals surface area contributed by atoms with Gasteiger partial charge in [-0.15, -0.1) is 12.4 Å². The van der Waals surface area contributed by atoms with Crippen molar-refractivity contribution in [3.63, 3.8) is 0 Å². The number of nitrogens with zero attached hydrogens (tertiary/aromatic N) is 1. The molecule has 1 unspecified atom stereocenters. The van der Waals surface area contributed by atoms with E-state index in [4.69, 9.17) is 4.74 Å². The Hall–Kier alpha value is -1.26. The number of rotatable bonds is 6. The summed E-state index contributed by atoms with van der Waals surface area (Å²) in [7, 11) is 0. The van der Waals surface area contributed by atoms with E-state index in [2.05, 4.69) is 5.32 Å². The number of benzene rings is 1. The number of ether oxygens (including phenoxy) is 1. The highest BCUT2D eigenvalue weighted by molar-refractivity contribution is 5.85. The minimum Gasteiger partial charge on any atom is -0.484 e. The zero-order valence-electron chi connectivity index (χ0n) is 12.2. The Morgan fingerprint density at radius 3 is 2.62 bits per heavy atom. The van der Waals surface area contributed by atoms with Gasteiger partial charge >= 0.3 is 0 Å². The molecule has 2 fully saturated rings. The van der Waals surface area contributed by atoms with Crippen molar-refractivity contribution in [2.75, 3.05) is 19.7 Å². The normalized spacial score (nSPS) is 20.7. The van der Waals surface area contributed by atoms with Crippen molar-refractivity contribution in [3.05, 3.63) is 30.3 Å². The summed E-state index contributed by atoms with van der Waals surface area (Å²) >= 11 is 0. The molecule has 1 amide bonds. The maximum Gasteiger partial charge on any atom is 0.260 e. The van der Waals surface area contributed by atoms with Gasteiger partial charge in [-0.2, -0.15) is 0 Å². The molecule has 1 aliphatic carbocycles. The van der Waals surface area contributed by atoms with Crippen LogP contribution in [0.2, 0.25) is 0 Å². The first-order chi connectivity index (χ1) is 9.83. The Balaban J connectivity index is 0.00000161. The lowest BCUT2D eigenvalue weighted by atomic mass is 10.2. The van der Waals surface area contributed by atoms with Gasteiger partial charge in [0.2, 0.25) is 0 Å². The molecule has 116 valence electrons. The predicted molar refractivity (Wildman–Crippen MR) is 84.9 cm³/mol. The molecule has 1 saturated carbocycles. The first kappa shape index (κ1) is 16.1. The fourth-order valence-electron chi connectivity index (χ4n) is 2.74. The average Bonchev–Trinajstić information content (AvgIpc) is 3.20. The summed E-state index contributed by atoms with van der Waals surface area (Å²) < 4.78 is 5.58. The molecule has 1 aliphatic heterocycles. The van der Waals surface area contributed by atoms with E-state index in [0.29, 0.717) is 12.1 Å². The molecule has 21 heavy (non-hydrogen) atoms. The summed E-state index contributed by atoms with van der Waals surface area (Å²) in [6.07, 6.45) is 4.68. The Kier molecular flexibility index (Phi) is 5.88. The van der Waals surface area contributed by atoms with Crippen LogP contribution in [-0.4, -0.2) is 42.6 Å². The van der Waals surface area contributed by atoms with Crippen LogP contribution in [0.1, 0.15) is 25.7 Å². The van der Waals surface area contributed by atoms with E-state index in [9.17, 15) is 4.79 Å². The lowest BCUT2D eigenvalue weighted by Crippen LogP contribution is -2.44. The Morgan fingerprint density at radius 2 is 2.00 bits per heavy atom. The molecule has 1 saturated heterocycles. The molecular formula is C16H23ClN2O2. The molecule has 0 spiro atoms. The third-order valence-electron chi connectivity index (χ3n) is 3.99. The molecule has 1 N–H and O–H groups in total. The highest BCUT2D eigenvalue weighted by Crippen LogP contribution is 2.28. The SMILES string of the molecule is Cl.O=C(COc1ccccc1)N(CC1CCCN1)C1CC1. The monoisotopic (exact) mass is 310 g/mol. The van der Waals surface area contributed by atoms with Gasteiger partial charge in [0.15, 0.2) is 6.61 Å². The number of carbonyl (C=O) groups excluding carboxylic acids is 1. The van der Waals surface area contributed by atoms with Gasteiger partial charge in [-0.1, -0.05) is 18.2 Å². The van der Waals surface area contributed by atoms with E-state index in [1.165, 1.54) is 12.8 Å². The molecule has 5 heteroatoms. The molecule has 1 aromatic carbocycles. The van der Waals surface area contributed by atoms with Crippen molar-refractivity contribution >= 4 is 18.3 Å². The van der Waals surface area contributed by atoms with Crippen LogP contribution in [0.15, 0.2) is 30.3 Å². The van der Waals surface area contributed by atoms with Gasteiger partial charge in [0, 0.05) is 18.6 Å². The van der Waals surface area contributed by atoms with Crippen LogP contribution in [0, 0.1) is 0 Å². The fourth-order valence-corrected chi connectivity index (χ4v) is 2.74. The number of amides is 1. The molecule has 1 atom stereocenters. The third kappa shape index (κ3) is 4.61. The van der Waals surface area contributed by atoms with E-state index in [1.807, 2.05) is 35.2 Å². The van der Waals surface area contributed by atoms with Crippen LogP contribution in [0.3, 0.4) is 0 Å². The second-order valence-corrected chi connectivity index (χ2v) is 5.67. The first-order valence-corrected chi connectivity index (χ1v) is 7.53. The van der Waals surface area contributed by atoms with Gasteiger partial charge in [-0.05, 0) is 44.4 Å². The number of nitrogens with one attached hydrogen (secondary N) is 1. The number of para-hydroxylation sites is 1. The number of hydrogen-bond acceptors (Lipinski definition) is 3.